The summed E-state index contributed by atoms with van der Waals surface area (Å²) in [5.41, 5.74) is 7.05. The standard InChI is InChI=1S/C15H23NO2/c1-18-15(17)14(16)12-8-3-2-5-9-13-10-6-4-7-11-13/h4,6-7,10-11,14H,2-3,5,8-9,12,16H2,1H3/t14-/m0/s1. The molecular weight excluding hydrogens is 226 g/mol. The van der Waals surface area contributed by atoms with Crippen molar-refractivity contribution in [2.75, 3.05) is 7.11 Å². The van der Waals surface area contributed by atoms with Gasteiger partial charge in [-0.25, -0.2) is 0 Å². The zero-order chi connectivity index (χ0) is 13.2. The smallest absolute Gasteiger partial charge is 0.322 e. The Kier molecular flexibility index (Phi) is 7.11. The summed E-state index contributed by atoms with van der Waals surface area (Å²) >= 11 is 0. The molecule has 0 amide bonds. The molecule has 18 heavy (non-hydrogen) atoms. The summed E-state index contributed by atoms with van der Waals surface area (Å²) in [6.07, 6.45) is 6.34. The van der Waals surface area contributed by atoms with Gasteiger partial charge in [-0.15, -0.1) is 0 Å². The Bertz CT molecular complexity index is 338. The molecule has 0 aromatic heterocycles. The van der Waals surface area contributed by atoms with E-state index in [1.54, 1.807) is 0 Å². The topological polar surface area (TPSA) is 52.3 Å². The van der Waals surface area contributed by atoms with Crippen LogP contribution in [0, 0.1) is 0 Å². The first kappa shape index (κ1) is 14.7. The molecule has 1 aromatic carbocycles. The minimum absolute atomic E-state index is 0.306. The molecule has 3 heteroatoms. The normalized spacial score (nSPS) is 12.1. The predicted molar refractivity (Wildman–Crippen MR) is 73.2 cm³/mol. The van der Waals surface area contributed by atoms with E-state index in [1.165, 1.54) is 25.5 Å². The van der Waals surface area contributed by atoms with Crippen molar-refractivity contribution in [2.24, 2.45) is 5.73 Å². The van der Waals surface area contributed by atoms with Gasteiger partial charge in [0, 0.05) is 0 Å². The molecule has 0 aliphatic heterocycles. The minimum Gasteiger partial charge on any atom is -0.468 e. The van der Waals surface area contributed by atoms with Gasteiger partial charge in [0.15, 0.2) is 0 Å². The average molecular weight is 249 g/mol. The number of aryl methyl sites for hydroxylation is 1. The number of carbonyl (C=O) groups excluding carboxylic acids is 1. The summed E-state index contributed by atoms with van der Waals surface area (Å²) < 4.78 is 4.58. The lowest BCUT2D eigenvalue weighted by Crippen LogP contribution is -2.31. The zero-order valence-electron chi connectivity index (χ0n) is 11.1. The highest BCUT2D eigenvalue weighted by molar-refractivity contribution is 5.75. The Morgan fingerprint density at radius 3 is 2.50 bits per heavy atom. The SMILES string of the molecule is COC(=O)[C@@H](N)CCCCCCc1ccccc1. The van der Waals surface area contributed by atoms with Gasteiger partial charge in [0.25, 0.3) is 0 Å². The first-order chi connectivity index (χ1) is 8.74. The average Bonchev–Trinajstić information content (AvgIpc) is 2.42. The Labute approximate surface area is 109 Å². The van der Waals surface area contributed by atoms with Crippen molar-refractivity contribution in [3.8, 4) is 0 Å². The van der Waals surface area contributed by atoms with Crippen molar-refractivity contribution in [2.45, 2.75) is 44.6 Å². The van der Waals surface area contributed by atoms with E-state index in [2.05, 4.69) is 29.0 Å². The van der Waals surface area contributed by atoms with E-state index in [0.29, 0.717) is 0 Å². The molecular formula is C15H23NO2. The molecule has 1 aromatic rings. The maximum absolute atomic E-state index is 11.1. The fraction of sp³-hybridized carbons (Fsp3) is 0.533. The highest BCUT2D eigenvalue weighted by atomic mass is 16.5. The summed E-state index contributed by atoms with van der Waals surface area (Å²) in [6, 6.07) is 10.1. The minimum atomic E-state index is -0.455. The van der Waals surface area contributed by atoms with E-state index in [0.717, 1.165) is 25.7 Å². The van der Waals surface area contributed by atoms with Crippen LogP contribution < -0.4 is 5.73 Å². The van der Waals surface area contributed by atoms with Crippen molar-refractivity contribution in [3.63, 3.8) is 0 Å². The number of esters is 1. The number of ether oxygens (including phenoxy) is 1. The van der Waals surface area contributed by atoms with Crippen molar-refractivity contribution >= 4 is 5.97 Å². The van der Waals surface area contributed by atoms with Gasteiger partial charge in [0.2, 0.25) is 0 Å². The van der Waals surface area contributed by atoms with Gasteiger partial charge in [-0.2, -0.15) is 0 Å². The van der Waals surface area contributed by atoms with E-state index in [9.17, 15) is 4.79 Å². The number of hydrogen-bond donors (Lipinski definition) is 1. The summed E-state index contributed by atoms with van der Waals surface area (Å²) in [6.45, 7) is 0. The van der Waals surface area contributed by atoms with Crippen LogP contribution in [0.4, 0.5) is 0 Å². The van der Waals surface area contributed by atoms with Gasteiger partial charge in [-0.3, -0.25) is 4.79 Å². The van der Waals surface area contributed by atoms with Crippen LogP contribution in [-0.4, -0.2) is 19.1 Å². The highest BCUT2D eigenvalue weighted by Gasteiger charge is 2.12. The molecule has 0 heterocycles. The van der Waals surface area contributed by atoms with E-state index >= 15 is 0 Å². The maximum atomic E-state index is 11.1. The number of rotatable bonds is 8. The quantitative estimate of drug-likeness (QED) is 0.569. The number of carbonyl (C=O) groups is 1. The van der Waals surface area contributed by atoms with Crippen molar-refractivity contribution in [3.05, 3.63) is 35.9 Å². The molecule has 0 saturated heterocycles. The van der Waals surface area contributed by atoms with Crippen molar-refractivity contribution < 1.29 is 9.53 Å². The van der Waals surface area contributed by atoms with Gasteiger partial charge < -0.3 is 10.5 Å². The van der Waals surface area contributed by atoms with Gasteiger partial charge in [0.05, 0.1) is 7.11 Å². The van der Waals surface area contributed by atoms with Gasteiger partial charge in [0.1, 0.15) is 6.04 Å². The van der Waals surface area contributed by atoms with Crippen LogP contribution in [0.25, 0.3) is 0 Å². The lowest BCUT2D eigenvalue weighted by molar-refractivity contribution is -0.142. The van der Waals surface area contributed by atoms with E-state index in [1.807, 2.05) is 6.07 Å². The number of hydrogen-bond acceptors (Lipinski definition) is 3. The number of nitrogens with two attached hydrogens (primary N) is 1. The van der Waals surface area contributed by atoms with Gasteiger partial charge >= 0.3 is 5.97 Å². The Balaban J connectivity index is 2.01. The molecule has 0 spiro atoms. The Morgan fingerprint density at radius 1 is 1.17 bits per heavy atom. The summed E-state index contributed by atoms with van der Waals surface area (Å²) in [7, 11) is 1.38. The van der Waals surface area contributed by atoms with Crippen LogP contribution in [0.2, 0.25) is 0 Å². The van der Waals surface area contributed by atoms with Crippen molar-refractivity contribution in [1.82, 2.24) is 0 Å². The van der Waals surface area contributed by atoms with Crippen LogP contribution in [-0.2, 0) is 16.0 Å². The van der Waals surface area contributed by atoms with Gasteiger partial charge in [-0.05, 0) is 24.8 Å². The summed E-state index contributed by atoms with van der Waals surface area (Å²) in [5.74, 6) is -0.306. The number of benzene rings is 1. The van der Waals surface area contributed by atoms with Crippen molar-refractivity contribution in [1.29, 1.82) is 0 Å². The zero-order valence-corrected chi connectivity index (χ0v) is 11.1. The van der Waals surface area contributed by atoms with Crippen LogP contribution in [0.15, 0.2) is 30.3 Å². The Morgan fingerprint density at radius 2 is 1.83 bits per heavy atom. The molecule has 1 atom stereocenters. The molecule has 0 fully saturated rings. The third kappa shape index (κ3) is 5.82. The predicted octanol–water partition coefficient (Wildman–Crippen LogP) is 2.68. The van der Waals surface area contributed by atoms with Crippen LogP contribution in [0.1, 0.15) is 37.7 Å². The second kappa shape index (κ2) is 8.70. The molecule has 1 rings (SSSR count). The van der Waals surface area contributed by atoms with E-state index in [-0.39, 0.29) is 5.97 Å². The van der Waals surface area contributed by atoms with E-state index < -0.39 is 6.04 Å². The first-order valence-electron chi connectivity index (χ1n) is 6.61. The lowest BCUT2D eigenvalue weighted by Gasteiger charge is -2.08. The number of unbranched alkanes of at least 4 members (excludes halogenated alkanes) is 3. The van der Waals surface area contributed by atoms with Crippen LogP contribution in [0.5, 0.6) is 0 Å². The van der Waals surface area contributed by atoms with Crippen LogP contribution >= 0.6 is 0 Å². The molecule has 0 bridgehead atoms. The molecule has 2 N–H and O–H groups in total. The van der Waals surface area contributed by atoms with E-state index in [4.69, 9.17) is 5.73 Å². The molecule has 0 aliphatic carbocycles. The highest BCUT2D eigenvalue weighted by Crippen LogP contribution is 2.09. The largest absolute Gasteiger partial charge is 0.468 e. The summed E-state index contributed by atoms with van der Waals surface area (Å²) in [4.78, 5) is 11.1. The molecule has 0 unspecified atom stereocenters. The maximum Gasteiger partial charge on any atom is 0.322 e. The second-order valence-corrected chi connectivity index (χ2v) is 4.57. The van der Waals surface area contributed by atoms with Gasteiger partial charge in [-0.1, -0.05) is 49.6 Å². The third-order valence-electron chi connectivity index (χ3n) is 3.08. The molecule has 0 saturated carbocycles. The second-order valence-electron chi connectivity index (χ2n) is 4.57. The molecule has 0 aliphatic rings. The fourth-order valence-corrected chi connectivity index (χ4v) is 1.96. The third-order valence-corrected chi connectivity index (χ3v) is 3.08. The Hall–Kier alpha value is -1.35. The molecule has 3 nitrogen and oxygen atoms in total. The number of methoxy groups -OCH3 is 1. The lowest BCUT2D eigenvalue weighted by atomic mass is 10.0. The first-order valence-corrected chi connectivity index (χ1v) is 6.61. The van der Waals surface area contributed by atoms with Crippen LogP contribution in [0.3, 0.4) is 0 Å². The molecule has 100 valence electrons. The summed E-state index contributed by atoms with van der Waals surface area (Å²) in [5, 5.41) is 0. The fourth-order valence-electron chi connectivity index (χ4n) is 1.96. The molecule has 0 radical (unpaired) electrons. The monoisotopic (exact) mass is 249 g/mol.